The zero-order valence-electron chi connectivity index (χ0n) is 14.4. The van der Waals surface area contributed by atoms with Crippen molar-refractivity contribution >= 4 is 22.8 Å². The lowest BCUT2D eigenvalue weighted by Crippen LogP contribution is -2.06. The van der Waals surface area contributed by atoms with Gasteiger partial charge in [0.25, 0.3) is 0 Å². The first kappa shape index (κ1) is 16.8. The predicted molar refractivity (Wildman–Crippen MR) is 102 cm³/mol. The summed E-state index contributed by atoms with van der Waals surface area (Å²) in [5.41, 5.74) is 4.44. The second kappa shape index (κ2) is 7.71. The summed E-state index contributed by atoms with van der Waals surface area (Å²) in [5.74, 6) is 0. The molecule has 0 fully saturated rings. The van der Waals surface area contributed by atoms with E-state index in [2.05, 4.69) is 23.0 Å². The maximum absolute atomic E-state index is 11.3. The number of fused-ring (bicyclic) bond motifs is 1. The number of rotatable bonds is 5. The summed E-state index contributed by atoms with van der Waals surface area (Å²) in [6.45, 7) is 2.15. The van der Waals surface area contributed by atoms with Crippen LogP contribution in [0.5, 0.6) is 0 Å². The Labute approximate surface area is 146 Å². The largest absolute Gasteiger partial charge is 0.423 e. The van der Waals surface area contributed by atoms with E-state index in [0.29, 0.717) is 5.58 Å². The van der Waals surface area contributed by atoms with Gasteiger partial charge in [-0.15, -0.1) is 0 Å². The van der Waals surface area contributed by atoms with Gasteiger partial charge in [0.05, 0.1) is 5.71 Å². The summed E-state index contributed by atoms with van der Waals surface area (Å²) in [5, 5.41) is 0.903. The number of allylic oxidation sites excluding steroid dienone is 1. The van der Waals surface area contributed by atoms with Crippen LogP contribution < -0.4 is 5.63 Å². The average molecular weight is 332 g/mol. The minimum Gasteiger partial charge on any atom is -0.423 e. The molecule has 2 heterocycles. The van der Waals surface area contributed by atoms with Gasteiger partial charge in [-0.2, -0.15) is 0 Å². The van der Waals surface area contributed by atoms with Crippen LogP contribution in [0.4, 0.5) is 0 Å². The molecule has 0 atom stereocenters. The fourth-order valence-electron chi connectivity index (χ4n) is 2.87. The molecule has 2 aromatic heterocycles. The summed E-state index contributed by atoms with van der Waals surface area (Å²) in [6, 6.07) is 13.0. The highest BCUT2D eigenvalue weighted by atomic mass is 16.4. The molecule has 0 bridgehead atoms. The van der Waals surface area contributed by atoms with Crippen molar-refractivity contribution in [2.75, 3.05) is 7.05 Å². The van der Waals surface area contributed by atoms with Gasteiger partial charge < -0.3 is 4.42 Å². The molecule has 0 unspecified atom stereocenters. The highest BCUT2D eigenvalue weighted by molar-refractivity contribution is 6.14. The Morgan fingerprint density at radius 1 is 1.24 bits per heavy atom. The molecular weight excluding hydrogens is 312 g/mol. The monoisotopic (exact) mass is 332 g/mol. The van der Waals surface area contributed by atoms with Crippen molar-refractivity contribution in [3.8, 4) is 0 Å². The summed E-state index contributed by atoms with van der Waals surface area (Å²) < 4.78 is 5.20. The average Bonchev–Trinajstić information content (AvgIpc) is 2.63. The van der Waals surface area contributed by atoms with E-state index in [-0.39, 0.29) is 5.63 Å². The van der Waals surface area contributed by atoms with E-state index in [1.54, 1.807) is 19.3 Å². The van der Waals surface area contributed by atoms with Gasteiger partial charge in [-0.25, -0.2) is 4.79 Å². The van der Waals surface area contributed by atoms with Crippen LogP contribution in [0.3, 0.4) is 0 Å². The van der Waals surface area contributed by atoms with Crippen molar-refractivity contribution in [1.29, 1.82) is 0 Å². The summed E-state index contributed by atoms with van der Waals surface area (Å²) in [6.07, 6.45) is 7.68. The molecule has 0 saturated heterocycles. The van der Waals surface area contributed by atoms with Gasteiger partial charge >= 0.3 is 5.63 Å². The van der Waals surface area contributed by atoms with Gasteiger partial charge in [0.2, 0.25) is 0 Å². The topological polar surface area (TPSA) is 55.5 Å². The van der Waals surface area contributed by atoms with Crippen LogP contribution in [0.2, 0.25) is 0 Å². The summed E-state index contributed by atoms with van der Waals surface area (Å²) >= 11 is 0. The molecular formula is C21H20N2O2. The Bertz CT molecular complexity index is 985. The van der Waals surface area contributed by atoms with Crippen molar-refractivity contribution in [2.45, 2.75) is 19.8 Å². The van der Waals surface area contributed by atoms with Gasteiger partial charge in [0, 0.05) is 36.5 Å². The van der Waals surface area contributed by atoms with Gasteiger partial charge in [-0.3, -0.25) is 9.98 Å². The van der Waals surface area contributed by atoms with Crippen LogP contribution in [-0.4, -0.2) is 17.7 Å². The first-order valence-corrected chi connectivity index (χ1v) is 8.33. The van der Waals surface area contributed by atoms with Crippen molar-refractivity contribution in [1.82, 2.24) is 4.98 Å². The van der Waals surface area contributed by atoms with E-state index in [0.717, 1.165) is 40.6 Å². The number of aromatic nitrogens is 1. The smallest absolute Gasteiger partial charge is 0.336 e. The molecule has 3 aromatic rings. The van der Waals surface area contributed by atoms with E-state index in [9.17, 15) is 4.79 Å². The van der Waals surface area contributed by atoms with Gasteiger partial charge in [-0.05, 0) is 54.0 Å². The van der Waals surface area contributed by atoms with Gasteiger partial charge in [0.15, 0.2) is 0 Å². The predicted octanol–water partition coefficient (Wildman–Crippen LogP) is 4.49. The maximum atomic E-state index is 11.3. The molecule has 0 aliphatic heterocycles. The minimum atomic E-state index is -0.334. The van der Waals surface area contributed by atoms with Crippen molar-refractivity contribution < 1.29 is 4.42 Å². The van der Waals surface area contributed by atoms with E-state index in [1.807, 2.05) is 36.5 Å². The number of pyridine rings is 1. The lowest BCUT2D eigenvalue weighted by atomic mass is 9.97. The van der Waals surface area contributed by atoms with E-state index in [4.69, 9.17) is 4.42 Å². The second-order valence-electron chi connectivity index (χ2n) is 5.79. The molecule has 4 nitrogen and oxygen atoms in total. The normalized spacial score (nSPS) is 12.6. The molecule has 25 heavy (non-hydrogen) atoms. The van der Waals surface area contributed by atoms with Crippen LogP contribution in [0.15, 0.2) is 74.6 Å². The highest BCUT2D eigenvalue weighted by Crippen LogP contribution is 2.21. The molecule has 0 radical (unpaired) electrons. The molecule has 0 aliphatic rings. The number of hydrogen-bond donors (Lipinski definition) is 0. The Hall–Kier alpha value is -3.01. The Balaban J connectivity index is 2.05. The number of benzene rings is 1. The molecule has 0 spiro atoms. The molecule has 3 rings (SSSR count). The molecule has 4 heteroatoms. The molecule has 0 aliphatic carbocycles. The van der Waals surface area contributed by atoms with E-state index >= 15 is 0 Å². The third-order valence-electron chi connectivity index (χ3n) is 3.97. The zero-order chi connectivity index (χ0) is 17.6. The fourth-order valence-corrected chi connectivity index (χ4v) is 2.87. The SMILES string of the molecule is CCC/C(=C\c1ccc2oc(=O)ccc2c1)C(=NC)c1cccnc1. The van der Waals surface area contributed by atoms with Crippen LogP contribution in [-0.2, 0) is 0 Å². The van der Waals surface area contributed by atoms with Crippen LogP contribution in [0.25, 0.3) is 17.0 Å². The Kier molecular flexibility index (Phi) is 5.19. The number of aliphatic imine (C=N–C) groups is 1. The fraction of sp³-hybridized carbons (Fsp3) is 0.190. The number of hydrogen-bond acceptors (Lipinski definition) is 4. The Morgan fingerprint density at radius 3 is 2.84 bits per heavy atom. The van der Waals surface area contributed by atoms with Gasteiger partial charge in [0.1, 0.15) is 5.58 Å². The first-order chi connectivity index (χ1) is 12.2. The third-order valence-corrected chi connectivity index (χ3v) is 3.97. The molecule has 0 N–H and O–H groups in total. The first-order valence-electron chi connectivity index (χ1n) is 8.33. The standard InChI is InChI=1S/C21H20N2O2/c1-3-5-17(21(22-2)18-6-4-11-23-14-18)13-15-7-9-19-16(12-15)8-10-20(24)25-19/h4,6-14H,3,5H2,1-2H3/b17-13+,22-21?. The summed E-state index contributed by atoms with van der Waals surface area (Å²) in [4.78, 5) is 20.0. The Morgan fingerprint density at radius 2 is 2.12 bits per heavy atom. The van der Waals surface area contributed by atoms with Crippen LogP contribution in [0.1, 0.15) is 30.9 Å². The molecule has 0 amide bonds. The van der Waals surface area contributed by atoms with Crippen molar-refractivity contribution in [2.24, 2.45) is 4.99 Å². The highest BCUT2D eigenvalue weighted by Gasteiger charge is 2.09. The zero-order valence-corrected chi connectivity index (χ0v) is 14.4. The second-order valence-corrected chi connectivity index (χ2v) is 5.79. The minimum absolute atomic E-state index is 0.334. The van der Waals surface area contributed by atoms with Crippen molar-refractivity contribution in [3.63, 3.8) is 0 Å². The maximum Gasteiger partial charge on any atom is 0.336 e. The quantitative estimate of drug-likeness (QED) is 0.511. The van der Waals surface area contributed by atoms with Gasteiger partial charge in [-0.1, -0.05) is 19.4 Å². The van der Waals surface area contributed by atoms with E-state index in [1.165, 1.54) is 6.07 Å². The summed E-state index contributed by atoms with van der Waals surface area (Å²) in [7, 11) is 1.81. The van der Waals surface area contributed by atoms with E-state index < -0.39 is 0 Å². The molecule has 0 saturated carbocycles. The molecule has 126 valence electrons. The lowest BCUT2D eigenvalue weighted by Gasteiger charge is -2.11. The number of nitrogens with zero attached hydrogens (tertiary/aromatic N) is 2. The molecule has 1 aromatic carbocycles. The van der Waals surface area contributed by atoms with Crippen LogP contribution >= 0.6 is 0 Å². The van der Waals surface area contributed by atoms with Crippen LogP contribution in [0, 0.1) is 0 Å². The lowest BCUT2D eigenvalue weighted by molar-refractivity contribution is 0.561. The third kappa shape index (κ3) is 3.91. The van der Waals surface area contributed by atoms with Crippen molar-refractivity contribution in [3.05, 3.63) is 82.0 Å².